The summed E-state index contributed by atoms with van der Waals surface area (Å²) in [5, 5.41) is 8.44. The molecule has 0 aliphatic carbocycles. The molecule has 1 aromatic heterocycles. The van der Waals surface area contributed by atoms with E-state index < -0.39 is 0 Å². The molecule has 0 fully saturated rings. The highest BCUT2D eigenvalue weighted by Gasteiger charge is 2.21. The Kier molecular flexibility index (Phi) is 4.81. The van der Waals surface area contributed by atoms with Crippen molar-refractivity contribution in [3.8, 4) is 23.0 Å². The van der Waals surface area contributed by atoms with E-state index in [9.17, 15) is 0 Å². The summed E-state index contributed by atoms with van der Waals surface area (Å²) < 4.78 is 16.7. The van der Waals surface area contributed by atoms with E-state index in [1.165, 1.54) is 16.7 Å². The molecule has 0 unspecified atom stereocenters. The van der Waals surface area contributed by atoms with Gasteiger partial charge in [-0.25, -0.2) is 0 Å². The van der Waals surface area contributed by atoms with Gasteiger partial charge in [0.05, 0.1) is 20.8 Å². The second kappa shape index (κ2) is 7.40. The Hall–Kier alpha value is -2.86. The van der Waals surface area contributed by atoms with Crippen LogP contribution in [0, 0.1) is 6.92 Å². The van der Waals surface area contributed by atoms with Crippen molar-refractivity contribution >= 4 is 0 Å². The summed E-state index contributed by atoms with van der Waals surface area (Å²) in [6.07, 6.45) is 0.953. The van der Waals surface area contributed by atoms with E-state index in [0.29, 0.717) is 18.3 Å². The fraction of sp³-hybridized carbons (Fsp3) is 0.333. The van der Waals surface area contributed by atoms with E-state index in [2.05, 4.69) is 40.2 Å². The van der Waals surface area contributed by atoms with Crippen LogP contribution >= 0.6 is 0 Å². The monoisotopic (exact) mass is 365 g/mol. The van der Waals surface area contributed by atoms with E-state index in [0.717, 1.165) is 36.6 Å². The van der Waals surface area contributed by atoms with Crippen LogP contribution < -0.4 is 9.47 Å². The summed E-state index contributed by atoms with van der Waals surface area (Å²) >= 11 is 0. The third-order valence-electron chi connectivity index (χ3n) is 4.89. The molecule has 0 saturated heterocycles. The molecule has 0 atom stereocenters. The van der Waals surface area contributed by atoms with Crippen molar-refractivity contribution in [2.45, 2.75) is 26.4 Å². The SMILES string of the molecule is COc1cc2c(cc1OC)CN(Cc1nnc(-c3cccc(C)c3)o1)CC2. The van der Waals surface area contributed by atoms with Crippen LogP contribution in [0.3, 0.4) is 0 Å². The first-order chi connectivity index (χ1) is 13.2. The van der Waals surface area contributed by atoms with Crippen molar-refractivity contribution in [2.75, 3.05) is 20.8 Å². The first kappa shape index (κ1) is 17.5. The minimum absolute atomic E-state index is 0.567. The number of benzene rings is 2. The van der Waals surface area contributed by atoms with Gasteiger partial charge < -0.3 is 13.9 Å². The molecule has 0 amide bonds. The standard InChI is InChI=1S/C21H23N3O3/c1-14-5-4-6-16(9-14)21-23-22-20(27-21)13-24-8-7-15-10-18(25-2)19(26-3)11-17(15)12-24/h4-6,9-11H,7-8,12-13H2,1-3H3. The van der Waals surface area contributed by atoms with Crippen LogP contribution in [0.4, 0.5) is 0 Å². The molecule has 1 aliphatic heterocycles. The highest BCUT2D eigenvalue weighted by atomic mass is 16.5. The number of methoxy groups -OCH3 is 2. The summed E-state index contributed by atoms with van der Waals surface area (Å²) in [4.78, 5) is 2.31. The highest BCUT2D eigenvalue weighted by molar-refractivity contribution is 5.53. The third kappa shape index (κ3) is 3.66. The Morgan fingerprint density at radius 2 is 1.81 bits per heavy atom. The lowest BCUT2D eigenvalue weighted by Gasteiger charge is -2.28. The molecule has 0 N–H and O–H groups in total. The maximum atomic E-state index is 5.89. The number of ether oxygens (including phenoxy) is 2. The van der Waals surface area contributed by atoms with Gasteiger partial charge in [0.2, 0.25) is 11.8 Å². The molecule has 2 aromatic carbocycles. The van der Waals surface area contributed by atoms with Crippen LogP contribution in [-0.4, -0.2) is 35.9 Å². The summed E-state index contributed by atoms with van der Waals surface area (Å²) in [6.45, 7) is 4.43. The second-order valence-electron chi connectivity index (χ2n) is 6.81. The molecule has 0 spiro atoms. The fourth-order valence-corrected chi connectivity index (χ4v) is 3.48. The Labute approximate surface area is 158 Å². The Balaban J connectivity index is 1.49. The van der Waals surface area contributed by atoms with Crippen LogP contribution in [0.5, 0.6) is 11.5 Å². The number of hydrogen-bond acceptors (Lipinski definition) is 6. The molecular weight excluding hydrogens is 342 g/mol. The molecule has 1 aliphatic rings. The van der Waals surface area contributed by atoms with Crippen molar-refractivity contribution in [1.82, 2.24) is 15.1 Å². The van der Waals surface area contributed by atoms with Crippen molar-refractivity contribution in [1.29, 1.82) is 0 Å². The minimum Gasteiger partial charge on any atom is -0.493 e. The summed E-state index contributed by atoms with van der Waals surface area (Å²) in [6, 6.07) is 12.2. The zero-order chi connectivity index (χ0) is 18.8. The van der Waals surface area contributed by atoms with Gasteiger partial charge in [-0.15, -0.1) is 10.2 Å². The summed E-state index contributed by atoms with van der Waals surface area (Å²) in [5.74, 6) is 2.75. The van der Waals surface area contributed by atoms with E-state index in [1.54, 1.807) is 14.2 Å². The van der Waals surface area contributed by atoms with E-state index in [-0.39, 0.29) is 0 Å². The maximum Gasteiger partial charge on any atom is 0.247 e. The van der Waals surface area contributed by atoms with Gasteiger partial charge in [-0.3, -0.25) is 4.90 Å². The number of nitrogens with zero attached hydrogens (tertiary/aromatic N) is 3. The largest absolute Gasteiger partial charge is 0.493 e. The lowest BCUT2D eigenvalue weighted by atomic mass is 9.99. The van der Waals surface area contributed by atoms with Crippen molar-refractivity contribution < 1.29 is 13.9 Å². The van der Waals surface area contributed by atoms with Gasteiger partial charge in [0.15, 0.2) is 11.5 Å². The van der Waals surface area contributed by atoms with Crippen LogP contribution in [0.15, 0.2) is 40.8 Å². The average molecular weight is 365 g/mol. The van der Waals surface area contributed by atoms with Gasteiger partial charge in [0.25, 0.3) is 0 Å². The Morgan fingerprint density at radius 3 is 2.56 bits per heavy atom. The van der Waals surface area contributed by atoms with Crippen molar-refractivity contribution in [3.05, 3.63) is 59.0 Å². The van der Waals surface area contributed by atoms with Crippen molar-refractivity contribution in [3.63, 3.8) is 0 Å². The lowest BCUT2D eigenvalue weighted by molar-refractivity contribution is 0.221. The summed E-state index contributed by atoms with van der Waals surface area (Å²) in [7, 11) is 3.33. The molecular formula is C21H23N3O3. The molecule has 0 bridgehead atoms. The quantitative estimate of drug-likeness (QED) is 0.688. The highest BCUT2D eigenvalue weighted by Crippen LogP contribution is 2.33. The first-order valence-electron chi connectivity index (χ1n) is 9.02. The number of hydrogen-bond donors (Lipinski definition) is 0. The predicted molar refractivity (Wildman–Crippen MR) is 102 cm³/mol. The van der Waals surface area contributed by atoms with E-state index in [4.69, 9.17) is 13.9 Å². The predicted octanol–water partition coefficient (Wildman–Crippen LogP) is 3.62. The van der Waals surface area contributed by atoms with E-state index >= 15 is 0 Å². The minimum atomic E-state index is 0.567. The Bertz CT molecular complexity index is 952. The molecule has 140 valence electrons. The van der Waals surface area contributed by atoms with Gasteiger partial charge >= 0.3 is 0 Å². The third-order valence-corrected chi connectivity index (χ3v) is 4.89. The normalized spacial score (nSPS) is 14.0. The maximum absolute atomic E-state index is 5.89. The van der Waals surface area contributed by atoms with Crippen LogP contribution in [0.1, 0.15) is 22.6 Å². The van der Waals surface area contributed by atoms with Crippen LogP contribution in [0.25, 0.3) is 11.5 Å². The number of aryl methyl sites for hydroxylation is 1. The first-order valence-corrected chi connectivity index (χ1v) is 9.02. The molecule has 6 nitrogen and oxygen atoms in total. The van der Waals surface area contributed by atoms with E-state index in [1.807, 2.05) is 18.2 Å². The molecule has 27 heavy (non-hydrogen) atoms. The smallest absolute Gasteiger partial charge is 0.247 e. The second-order valence-corrected chi connectivity index (χ2v) is 6.81. The molecule has 6 heteroatoms. The molecule has 0 radical (unpaired) electrons. The molecule has 3 aromatic rings. The van der Waals surface area contributed by atoms with Crippen LogP contribution in [-0.2, 0) is 19.5 Å². The van der Waals surface area contributed by atoms with Gasteiger partial charge in [0.1, 0.15) is 0 Å². The molecule has 4 rings (SSSR count). The number of rotatable bonds is 5. The average Bonchev–Trinajstić information content (AvgIpc) is 3.15. The fourth-order valence-electron chi connectivity index (χ4n) is 3.48. The summed E-state index contributed by atoms with van der Waals surface area (Å²) in [5.41, 5.74) is 4.67. The van der Waals surface area contributed by atoms with Crippen molar-refractivity contribution in [2.24, 2.45) is 0 Å². The molecule has 0 saturated carbocycles. The topological polar surface area (TPSA) is 60.6 Å². The zero-order valence-corrected chi connectivity index (χ0v) is 15.9. The number of aromatic nitrogens is 2. The van der Waals surface area contributed by atoms with Gasteiger partial charge in [-0.2, -0.15) is 0 Å². The van der Waals surface area contributed by atoms with Gasteiger partial charge in [0, 0.05) is 18.7 Å². The number of fused-ring (bicyclic) bond motifs is 1. The van der Waals surface area contributed by atoms with Crippen LogP contribution in [0.2, 0.25) is 0 Å². The van der Waals surface area contributed by atoms with Gasteiger partial charge in [-0.05, 0) is 48.7 Å². The zero-order valence-electron chi connectivity index (χ0n) is 15.9. The lowest BCUT2D eigenvalue weighted by Crippen LogP contribution is -2.30. The Morgan fingerprint density at radius 1 is 1.04 bits per heavy atom. The molecule has 2 heterocycles. The van der Waals surface area contributed by atoms with Gasteiger partial charge in [-0.1, -0.05) is 17.7 Å².